The van der Waals surface area contributed by atoms with Crippen LogP contribution < -0.4 is 10.5 Å². The lowest BCUT2D eigenvalue weighted by Crippen LogP contribution is -2.34. The van der Waals surface area contributed by atoms with Crippen LogP contribution in [0.1, 0.15) is 11.6 Å². The molecule has 8 heteroatoms. The van der Waals surface area contributed by atoms with Crippen LogP contribution in [0.15, 0.2) is 62.6 Å². The minimum absolute atomic E-state index is 0.0494. The summed E-state index contributed by atoms with van der Waals surface area (Å²) in [5, 5.41) is 0. The van der Waals surface area contributed by atoms with E-state index in [2.05, 4.69) is 9.71 Å². The van der Waals surface area contributed by atoms with Gasteiger partial charge in [0, 0.05) is 18.7 Å². The molecule has 0 saturated heterocycles. The molecule has 1 unspecified atom stereocenters. The highest BCUT2D eigenvalue weighted by molar-refractivity contribution is 7.89. The van der Waals surface area contributed by atoms with E-state index in [4.69, 9.17) is 4.42 Å². The van der Waals surface area contributed by atoms with Crippen molar-refractivity contribution in [2.75, 3.05) is 20.6 Å². The summed E-state index contributed by atoms with van der Waals surface area (Å²) in [6.07, 6.45) is 0. The first-order valence-corrected chi connectivity index (χ1v) is 9.19. The molecule has 0 spiro atoms. The molecular weight excluding hydrogens is 342 g/mol. The van der Waals surface area contributed by atoms with E-state index in [1.165, 1.54) is 18.2 Å². The number of rotatable bonds is 6. The van der Waals surface area contributed by atoms with Gasteiger partial charge in [0.2, 0.25) is 10.0 Å². The Labute approximate surface area is 145 Å². The fourth-order valence-electron chi connectivity index (χ4n) is 2.64. The standard InChI is InChI=1S/C17H19N3O4S/c1-20(2)15(12-6-4-3-5-7-12)11-18-25(22,23)13-8-9-14-16(10-13)24-17(21)19-14/h3-10,15,18H,11H2,1-2H3,(H,19,21). The lowest BCUT2D eigenvalue weighted by Gasteiger charge is -2.25. The van der Waals surface area contributed by atoms with E-state index in [-0.39, 0.29) is 23.1 Å². The average Bonchev–Trinajstić information content (AvgIpc) is 2.94. The molecular formula is C17H19N3O4S. The summed E-state index contributed by atoms with van der Waals surface area (Å²) >= 11 is 0. The van der Waals surface area contributed by atoms with Gasteiger partial charge in [-0.1, -0.05) is 30.3 Å². The molecule has 0 aliphatic heterocycles. The van der Waals surface area contributed by atoms with Gasteiger partial charge in [0.25, 0.3) is 0 Å². The smallest absolute Gasteiger partial charge is 0.408 e. The van der Waals surface area contributed by atoms with Gasteiger partial charge in [-0.2, -0.15) is 0 Å². The third-order valence-corrected chi connectivity index (χ3v) is 5.40. The molecule has 0 bridgehead atoms. The fourth-order valence-corrected chi connectivity index (χ4v) is 3.69. The third-order valence-electron chi connectivity index (χ3n) is 3.98. The Hall–Kier alpha value is -2.42. The van der Waals surface area contributed by atoms with Crippen molar-refractivity contribution in [3.8, 4) is 0 Å². The van der Waals surface area contributed by atoms with Gasteiger partial charge in [-0.05, 0) is 31.8 Å². The maximum absolute atomic E-state index is 12.6. The van der Waals surface area contributed by atoms with Gasteiger partial charge in [0.05, 0.1) is 10.4 Å². The molecule has 0 radical (unpaired) electrons. The van der Waals surface area contributed by atoms with Gasteiger partial charge < -0.3 is 9.32 Å². The van der Waals surface area contributed by atoms with Crippen molar-refractivity contribution in [1.82, 2.24) is 14.6 Å². The SMILES string of the molecule is CN(C)C(CNS(=O)(=O)c1ccc2[nH]c(=O)oc2c1)c1ccccc1. The summed E-state index contributed by atoms with van der Waals surface area (Å²) in [7, 11) is 0.0590. The normalized spacial score (nSPS) is 13.4. The number of likely N-dealkylation sites (N-methyl/N-ethyl adjacent to an activating group) is 1. The molecule has 0 aliphatic rings. The van der Waals surface area contributed by atoms with Gasteiger partial charge in [-0.15, -0.1) is 0 Å². The molecule has 3 rings (SSSR count). The van der Waals surface area contributed by atoms with Crippen LogP contribution in [-0.2, 0) is 10.0 Å². The van der Waals surface area contributed by atoms with Crippen molar-refractivity contribution in [1.29, 1.82) is 0 Å². The highest BCUT2D eigenvalue weighted by Crippen LogP contribution is 2.20. The number of benzene rings is 2. The number of aromatic amines is 1. The van der Waals surface area contributed by atoms with Crippen LogP contribution in [0.3, 0.4) is 0 Å². The van der Waals surface area contributed by atoms with Crippen LogP contribution in [0.25, 0.3) is 11.1 Å². The zero-order valence-electron chi connectivity index (χ0n) is 13.9. The Morgan fingerprint density at radius 3 is 2.56 bits per heavy atom. The maximum atomic E-state index is 12.6. The Morgan fingerprint density at radius 2 is 1.88 bits per heavy atom. The average molecular weight is 361 g/mol. The maximum Gasteiger partial charge on any atom is 0.417 e. The topological polar surface area (TPSA) is 95.4 Å². The van der Waals surface area contributed by atoms with Crippen LogP contribution in [0.5, 0.6) is 0 Å². The van der Waals surface area contributed by atoms with Gasteiger partial charge in [0.1, 0.15) is 0 Å². The van der Waals surface area contributed by atoms with E-state index in [1.807, 2.05) is 49.3 Å². The molecule has 2 N–H and O–H groups in total. The molecule has 1 atom stereocenters. The van der Waals surface area contributed by atoms with Crippen LogP contribution >= 0.6 is 0 Å². The molecule has 1 heterocycles. The van der Waals surface area contributed by atoms with Crippen LogP contribution in [0.2, 0.25) is 0 Å². The largest absolute Gasteiger partial charge is 0.417 e. The van der Waals surface area contributed by atoms with Gasteiger partial charge in [-0.3, -0.25) is 4.98 Å². The van der Waals surface area contributed by atoms with Crippen LogP contribution in [0.4, 0.5) is 0 Å². The second-order valence-corrected chi connectivity index (χ2v) is 7.68. The number of sulfonamides is 1. The number of fused-ring (bicyclic) bond motifs is 1. The third kappa shape index (κ3) is 3.81. The monoisotopic (exact) mass is 361 g/mol. The molecule has 0 saturated carbocycles. The number of oxazole rings is 1. The van der Waals surface area contributed by atoms with Gasteiger partial charge in [-0.25, -0.2) is 17.9 Å². The second kappa shape index (κ2) is 6.83. The fraction of sp³-hybridized carbons (Fsp3) is 0.235. The molecule has 1 aromatic heterocycles. The first kappa shape index (κ1) is 17.4. The van der Waals surface area contributed by atoms with E-state index in [0.29, 0.717) is 5.52 Å². The van der Waals surface area contributed by atoms with Crippen LogP contribution in [0, 0.1) is 0 Å². The van der Waals surface area contributed by atoms with E-state index in [0.717, 1.165) is 5.56 Å². The number of nitrogens with zero attached hydrogens (tertiary/aromatic N) is 1. The van der Waals surface area contributed by atoms with Crippen molar-refractivity contribution in [2.45, 2.75) is 10.9 Å². The Balaban J connectivity index is 1.83. The predicted molar refractivity (Wildman–Crippen MR) is 94.9 cm³/mol. The Kier molecular flexibility index (Phi) is 4.76. The van der Waals surface area contributed by atoms with E-state index in [9.17, 15) is 13.2 Å². The van der Waals surface area contributed by atoms with Gasteiger partial charge >= 0.3 is 5.76 Å². The van der Waals surface area contributed by atoms with Crippen LogP contribution in [-0.4, -0.2) is 38.9 Å². The predicted octanol–water partition coefficient (Wildman–Crippen LogP) is 1.70. The minimum atomic E-state index is -3.73. The minimum Gasteiger partial charge on any atom is -0.408 e. The van der Waals surface area contributed by atoms with Crippen molar-refractivity contribution >= 4 is 21.1 Å². The molecule has 7 nitrogen and oxygen atoms in total. The van der Waals surface area contributed by atoms with E-state index in [1.54, 1.807) is 0 Å². The molecule has 0 amide bonds. The summed E-state index contributed by atoms with van der Waals surface area (Å²) in [5.74, 6) is -0.616. The van der Waals surface area contributed by atoms with Crippen molar-refractivity contribution < 1.29 is 12.8 Å². The number of hydrogen-bond donors (Lipinski definition) is 2. The number of aromatic nitrogens is 1. The summed E-state index contributed by atoms with van der Waals surface area (Å²) in [4.78, 5) is 15.7. The summed E-state index contributed by atoms with van der Waals surface area (Å²) < 4.78 is 32.7. The first-order chi connectivity index (χ1) is 11.9. The number of hydrogen-bond acceptors (Lipinski definition) is 5. The van der Waals surface area contributed by atoms with E-state index < -0.39 is 15.8 Å². The van der Waals surface area contributed by atoms with Gasteiger partial charge in [0.15, 0.2) is 5.58 Å². The molecule has 2 aromatic carbocycles. The molecule has 132 valence electrons. The first-order valence-electron chi connectivity index (χ1n) is 7.71. The number of nitrogens with one attached hydrogen (secondary N) is 2. The van der Waals surface area contributed by atoms with Crippen molar-refractivity contribution in [2.24, 2.45) is 0 Å². The number of H-pyrrole nitrogens is 1. The molecule has 0 fully saturated rings. The lowest BCUT2D eigenvalue weighted by molar-refractivity contribution is 0.299. The Bertz CT molecular complexity index is 1020. The zero-order valence-corrected chi connectivity index (χ0v) is 14.7. The van der Waals surface area contributed by atoms with E-state index >= 15 is 0 Å². The Morgan fingerprint density at radius 1 is 1.16 bits per heavy atom. The highest BCUT2D eigenvalue weighted by Gasteiger charge is 2.20. The molecule has 3 aromatic rings. The van der Waals surface area contributed by atoms with Crippen molar-refractivity contribution in [3.05, 3.63) is 64.6 Å². The second-order valence-electron chi connectivity index (χ2n) is 5.91. The summed E-state index contributed by atoms with van der Waals surface area (Å²) in [6.45, 7) is 0.217. The zero-order chi connectivity index (χ0) is 18.0. The van der Waals surface area contributed by atoms with Crippen molar-refractivity contribution in [3.63, 3.8) is 0 Å². The quantitative estimate of drug-likeness (QED) is 0.697. The highest BCUT2D eigenvalue weighted by atomic mass is 32.2. The lowest BCUT2D eigenvalue weighted by atomic mass is 10.1. The summed E-state index contributed by atoms with van der Waals surface area (Å²) in [5.41, 5.74) is 1.68. The summed E-state index contributed by atoms with van der Waals surface area (Å²) in [6, 6.07) is 13.8. The molecule has 25 heavy (non-hydrogen) atoms. The molecule has 0 aliphatic carbocycles.